The lowest BCUT2D eigenvalue weighted by atomic mass is 10.1. The van der Waals surface area contributed by atoms with Gasteiger partial charge in [-0.2, -0.15) is 0 Å². The molecule has 2 aromatic carbocycles. The molecular formula is C24H34IN5O. The first-order valence-electron chi connectivity index (χ1n) is 10.6. The van der Waals surface area contributed by atoms with Crippen molar-refractivity contribution in [1.82, 2.24) is 15.5 Å². The van der Waals surface area contributed by atoms with E-state index in [1.54, 1.807) is 26.0 Å². The Morgan fingerprint density at radius 3 is 2.61 bits per heavy atom. The smallest absolute Gasteiger partial charge is 0.253 e. The lowest BCUT2D eigenvalue weighted by Crippen LogP contribution is -2.43. The number of guanidine groups is 1. The monoisotopic (exact) mass is 535 g/mol. The number of carbonyl (C=O) groups excluding carboxylic acids is 1. The minimum atomic E-state index is 0. The Morgan fingerprint density at radius 1 is 1.13 bits per heavy atom. The fourth-order valence-electron chi connectivity index (χ4n) is 3.93. The van der Waals surface area contributed by atoms with Gasteiger partial charge in [0.05, 0.1) is 0 Å². The zero-order chi connectivity index (χ0) is 21.5. The zero-order valence-corrected chi connectivity index (χ0v) is 21.2. The highest BCUT2D eigenvalue weighted by atomic mass is 127. The Morgan fingerprint density at radius 2 is 1.87 bits per heavy atom. The summed E-state index contributed by atoms with van der Waals surface area (Å²) in [6.45, 7) is 4.79. The average Bonchev–Trinajstić information content (AvgIpc) is 3.07. The van der Waals surface area contributed by atoms with Gasteiger partial charge in [0.15, 0.2) is 5.96 Å². The average molecular weight is 535 g/mol. The summed E-state index contributed by atoms with van der Waals surface area (Å²) in [5, 5.41) is 6.79. The number of anilines is 1. The third-order valence-corrected chi connectivity index (χ3v) is 5.50. The third kappa shape index (κ3) is 6.59. The van der Waals surface area contributed by atoms with E-state index in [4.69, 9.17) is 0 Å². The van der Waals surface area contributed by atoms with E-state index in [0.717, 1.165) is 49.6 Å². The van der Waals surface area contributed by atoms with Crippen molar-refractivity contribution in [2.45, 2.75) is 25.8 Å². The number of aliphatic imine (C=N–C) groups is 1. The number of nitrogens with zero attached hydrogens (tertiary/aromatic N) is 3. The minimum absolute atomic E-state index is 0. The summed E-state index contributed by atoms with van der Waals surface area (Å²) in [6, 6.07) is 17.0. The molecular weight excluding hydrogens is 501 g/mol. The molecule has 1 atom stereocenters. The Hall–Kier alpha value is -2.29. The van der Waals surface area contributed by atoms with Crippen molar-refractivity contribution in [2.24, 2.45) is 4.99 Å². The molecule has 1 heterocycles. The predicted molar refractivity (Wildman–Crippen MR) is 140 cm³/mol. The van der Waals surface area contributed by atoms with Crippen LogP contribution in [0.2, 0.25) is 0 Å². The van der Waals surface area contributed by atoms with Gasteiger partial charge in [0, 0.05) is 58.1 Å². The van der Waals surface area contributed by atoms with Crippen LogP contribution in [-0.2, 0) is 12.8 Å². The number of benzene rings is 2. The number of nitrogens with one attached hydrogen (secondary N) is 2. The standard InChI is InChI=1S/C24H33N5O.HI/c1-18-16-20-9-5-6-11-22(20)29(18)15-14-27-24(25-2)26-13-12-19-8-7-10-21(17-19)23(30)28(3)4;/h5-11,17-18H,12-16H2,1-4H3,(H2,25,26,27);1H. The Balaban J connectivity index is 0.00000341. The molecule has 168 valence electrons. The van der Waals surface area contributed by atoms with Crippen molar-refractivity contribution in [1.29, 1.82) is 0 Å². The first kappa shape index (κ1) is 25.0. The van der Waals surface area contributed by atoms with Crippen LogP contribution in [0.5, 0.6) is 0 Å². The summed E-state index contributed by atoms with van der Waals surface area (Å²) in [4.78, 5) is 20.5. The summed E-state index contributed by atoms with van der Waals surface area (Å²) >= 11 is 0. The number of hydrogen-bond acceptors (Lipinski definition) is 3. The minimum Gasteiger partial charge on any atom is -0.367 e. The second-order valence-corrected chi connectivity index (χ2v) is 7.95. The van der Waals surface area contributed by atoms with Crippen LogP contribution < -0.4 is 15.5 Å². The first-order chi connectivity index (χ1) is 14.5. The molecule has 1 aliphatic heterocycles. The second-order valence-electron chi connectivity index (χ2n) is 7.95. The largest absolute Gasteiger partial charge is 0.367 e. The normalized spacial score (nSPS) is 15.2. The van der Waals surface area contributed by atoms with Gasteiger partial charge in [-0.3, -0.25) is 9.79 Å². The van der Waals surface area contributed by atoms with Crippen LogP contribution >= 0.6 is 24.0 Å². The number of carbonyl (C=O) groups is 1. The number of amides is 1. The number of hydrogen-bond donors (Lipinski definition) is 2. The molecule has 0 spiro atoms. The Bertz CT molecular complexity index is 899. The van der Waals surface area contributed by atoms with E-state index in [2.05, 4.69) is 57.8 Å². The molecule has 0 saturated heterocycles. The lowest BCUT2D eigenvalue weighted by molar-refractivity contribution is 0.0827. The fraction of sp³-hybridized carbons (Fsp3) is 0.417. The van der Waals surface area contributed by atoms with Crippen LogP contribution in [0.25, 0.3) is 0 Å². The SMILES string of the molecule is CN=C(NCCc1cccc(C(=O)N(C)C)c1)NCCN1c2ccccc2CC1C.I. The summed E-state index contributed by atoms with van der Waals surface area (Å²) in [6.07, 6.45) is 1.93. The molecule has 6 nitrogen and oxygen atoms in total. The van der Waals surface area contributed by atoms with Gasteiger partial charge in [-0.05, 0) is 49.1 Å². The number of fused-ring (bicyclic) bond motifs is 1. The maximum atomic E-state index is 12.1. The van der Waals surface area contributed by atoms with Gasteiger partial charge in [-0.25, -0.2) is 0 Å². The second kappa shape index (κ2) is 11.9. The van der Waals surface area contributed by atoms with E-state index in [1.165, 1.54) is 11.3 Å². The number of halogens is 1. The van der Waals surface area contributed by atoms with Crippen molar-refractivity contribution in [3.05, 3.63) is 65.2 Å². The molecule has 0 radical (unpaired) electrons. The molecule has 2 aromatic rings. The Labute approximate surface area is 203 Å². The van der Waals surface area contributed by atoms with E-state index in [9.17, 15) is 4.79 Å². The summed E-state index contributed by atoms with van der Waals surface area (Å²) < 4.78 is 0. The molecule has 31 heavy (non-hydrogen) atoms. The van der Waals surface area contributed by atoms with Gasteiger partial charge in [-0.1, -0.05) is 30.3 Å². The topological polar surface area (TPSA) is 60.0 Å². The Kier molecular flexibility index (Phi) is 9.61. The molecule has 0 fully saturated rings. The van der Waals surface area contributed by atoms with Crippen LogP contribution in [0.1, 0.15) is 28.4 Å². The van der Waals surface area contributed by atoms with Crippen molar-refractivity contribution >= 4 is 41.5 Å². The van der Waals surface area contributed by atoms with Gasteiger partial charge in [0.25, 0.3) is 5.91 Å². The number of para-hydroxylation sites is 1. The highest BCUT2D eigenvalue weighted by Crippen LogP contribution is 2.31. The van der Waals surface area contributed by atoms with Crippen molar-refractivity contribution in [3.63, 3.8) is 0 Å². The van der Waals surface area contributed by atoms with Gasteiger partial charge in [0.1, 0.15) is 0 Å². The summed E-state index contributed by atoms with van der Waals surface area (Å²) in [5.41, 5.74) is 4.64. The van der Waals surface area contributed by atoms with E-state index < -0.39 is 0 Å². The maximum Gasteiger partial charge on any atom is 0.253 e. The van der Waals surface area contributed by atoms with Crippen LogP contribution in [0, 0.1) is 0 Å². The van der Waals surface area contributed by atoms with E-state index in [0.29, 0.717) is 6.04 Å². The molecule has 0 bridgehead atoms. The number of rotatable bonds is 7. The maximum absolute atomic E-state index is 12.1. The van der Waals surface area contributed by atoms with Gasteiger partial charge in [0.2, 0.25) is 0 Å². The van der Waals surface area contributed by atoms with Gasteiger partial charge < -0.3 is 20.4 Å². The zero-order valence-electron chi connectivity index (χ0n) is 18.9. The molecule has 0 aliphatic carbocycles. The molecule has 7 heteroatoms. The van der Waals surface area contributed by atoms with Gasteiger partial charge in [-0.15, -0.1) is 24.0 Å². The highest BCUT2D eigenvalue weighted by Gasteiger charge is 2.24. The molecule has 0 saturated carbocycles. The highest BCUT2D eigenvalue weighted by molar-refractivity contribution is 14.0. The van der Waals surface area contributed by atoms with Gasteiger partial charge >= 0.3 is 0 Å². The van der Waals surface area contributed by atoms with E-state index in [1.807, 2.05) is 18.2 Å². The third-order valence-electron chi connectivity index (χ3n) is 5.50. The summed E-state index contributed by atoms with van der Waals surface area (Å²) in [5.74, 6) is 0.829. The lowest BCUT2D eigenvalue weighted by Gasteiger charge is -2.25. The predicted octanol–water partition coefficient (Wildman–Crippen LogP) is 3.17. The van der Waals surface area contributed by atoms with Crippen LogP contribution in [0.15, 0.2) is 53.5 Å². The van der Waals surface area contributed by atoms with Crippen LogP contribution in [0.3, 0.4) is 0 Å². The molecule has 2 N–H and O–H groups in total. The molecule has 0 aromatic heterocycles. The molecule has 3 rings (SSSR count). The molecule has 1 aliphatic rings. The van der Waals surface area contributed by atoms with Crippen molar-refractivity contribution in [2.75, 3.05) is 45.7 Å². The van der Waals surface area contributed by atoms with Crippen LogP contribution in [-0.4, -0.2) is 63.6 Å². The van der Waals surface area contributed by atoms with Crippen molar-refractivity contribution in [3.8, 4) is 0 Å². The summed E-state index contributed by atoms with van der Waals surface area (Å²) in [7, 11) is 5.33. The first-order valence-corrected chi connectivity index (χ1v) is 10.6. The van der Waals surface area contributed by atoms with Crippen LogP contribution in [0.4, 0.5) is 5.69 Å². The molecule has 1 unspecified atom stereocenters. The van der Waals surface area contributed by atoms with Crippen molar-refractivity contribution < 1.29 is 4.79 Å². The van der Waals surface area contributed by atoms with E-state index in [-0.39, 0.29) is 29.9 Å². The fourth-order valence-corrected chi connectivity index (χ4v) is 3.93. The quantitative estimate of drug-likeness (QED) is 0.325. The van der Waals surface area contributed by atoms with E-state index >= 15 is 0 Å². The molecule has 1 amide bonds.